The van der Waals surface area contributed by atoms with Gasteiger partial charge in [0.1, 0.15) is 0 Å². The van der Waals surface area contributed by atoms with E-state index in [0.717, 1.165) is 131 Å². The number of epoxide rings is 1. The average Bonchev–Trinajstić information content (AvgIpc) is 1.12. The van der Waals surface area contributed by atoms with Crippen LogP contribution in [0.5, 0.6) is 0 Å². The van der Waals surface area contributed by atoms with Crippen LogP contribution in [-0.4, -0.2) is 70.7 Å². The fraction of sp³-hybridized carbons (Fsp3) is 1.00. The summed E-state index contributed by atoms with van der Waals surface area (Å²) in [4.78, 5) is 0. The predicted octanol–water partition coefficient (Wildman–Crippen LogP) is 35.8. The second-order valence-electron chi connectivity index (χ2n) is 45.0. The molecule has 0 radical (unpaired) electrons. The Kier molecular flexibility index (Phi) is 62.8. The molecule has 0 bridgehead atoms. The molecule has 1 N–H and O–H groups in total. The molecule has 0 aromatic rings. The lowest BCUT2D eigenvalue weighted by molar-refractivity contribution is -0.287. The maximum absolute atomic E-state index is 12.6. The molecule has 6 nitrogen and oxygen atoms in total. The van der Waals surface area contributed by atoms with Gasteiger partial charge >= 0.3 is 0 Å². The molecule has 6 heteroatoms. The number of hydrogen-bond donors (Lipinski definition) is 1. The zero-order valence-corrected chi connectivity index (χ0v) is 83.3. The van der Waals surface area contributed by atoms with Gasteiger partial charge in [-0.3, -0.25) is 0 Å². The van der Waals surface area contributed by atoms with Crippen molar-refractivity contribution < 1.29 is 28.8 Å². The van der Waals surface area contributed by atoms with Crippen LogP contribution in [0.3, 0.4) is 0 Å². The number of rotatable bonds is 82. The molecule has 0 saturated carbocycles. The van der Waals surface area contributed by atoms with Crippen molar-refractivity contribution in [3.63, 3.8) is 0 Å². The lowest BCUT2D eigenvalue weighted by Gasteiger charge is -2.53. The zero-order valence-electron chi connectivity index (χ0n) is 83.3. The number of unbranched alkanes of at least 4 members (excludes halogenated alkanes) is 22. The molecule has 3 aliphatic heterocycles. The minimum Gasteiger partial charge on any atom is -0.387 e. The Bertz CT molecular complexity index is 2190. The van der Waals surface area contributed by atoms with Gasteiger partial charge in [-0.15, -0.1) is 0 Å². The maximum Gasteiger partial charge on any atom is 0.0924 e. The Morgan fingerprint density at radius 3 is 0.922 bits per heavy atom. The van der Waals surface area contributed by atoms with Crippen molar-refractivity contribution in [1.82, 2.24) is 0 Å². The van der Waals surface area contributed by atoms with E-state index >= 15 is 0 Å². The molecule has 0 unspecified atom stereocenters. The molecule has 692 valence electrons. The zero-order chi connectivity index (χ0) is 85.3. The molecular weight excluding hydrogens is 1420 g/mol. The summed E-state index contributed by atoms with van der Waals surface area (Å²) in [7, 11) is 0. The highest BCUT2D eigenvalue weighted by Gasteiger charge is 2.54. The second kappa shape index (κ2) is 66.2. The van der Waals surface area contributed by atoms with Gasteiger partial charge < -0.3 is 28.8 Å². The summed E-state index contributed by atoms with van der Waals surface area (Å²) in [6.07, 6.45) is 86.5. The minimum absolute atomic E-state index is 0.0454. The highest BCUT2D eigenvalue weighted by Crippen LogP contribution is 2.48. The SMILES string of the molecule is CCCCCCCC[C@H]1O[C@@H]1CCCCCCCCCCCCCCCCCCCCO[C@@H]1CC[C@@H]([C@](C)(CCC[C@H](C)CCC[C@H](C)CCCC(C)C)O[C@](C)(CCC[C@H](C)CCC[C@H](C)CCCC(C)C)[C@H]2CC[C@H]([C@@](C)(O)CCC[C@H](C)CCC[C@H](C)CCCC(C)C)O2)O[C@@]1(C)CCC[C@H](C)CCC[C@H](C)CCCC(C)C. The third-order valence-electron chi connectivity index (χ3n) is 30.0. The normalized spacial score (nSPS) is 23.1. The first-order valence-corrected chi connectivity index (χ1v) is 53.5. The molecule has 3 fully saturated rings. The van der Waals surface area contributed by atoms with E-state index in [1.165, 1.54) is 347 Å². The van der Waals surface area contributed by atoms with Crippen LogP contribution in [0.4, 0.5) is 0 Å². The maximum atomic E-state index is 12.6. The summed E-state index contributed by atoms with van der Waals surface area (Å²) in [5, 5.41) is 12.6. The Balaban J connectivity index is 1.75. The fourth-order valence-corrected chi connectivity index (χ4v) is 21.2. The monoisotopic (exact) mass is 1630 g/mol. The number of aliphatic hydroxyl groups is 1. The highest BCUT2D eigenvalue weighted by atomic mass is 16.6. The van der Waals surface area contributed by atoms with Gasteiger partial charge in [-0.2, -0.15) is 0 Å². The van der Waals surface area contributed by atoms with Crippen LogP contribution in [-0.2, 0) is 23.7 Å². The third kappa shape index (κ3) is 54.6. The largest absolute Gasteiger partial charge is 0.387 e. The van der Waals surface area contributed by atoms with Gasteiger partial charge in [0.15, 0.2) is 0 Å². The lowest BCUT2D eigenvalue weighted by atomic mass is 9.78. The van der Waals surface area contributed by atoms with Gasteiger partial charge in [-0.25, -0.2) is 0 Å². The van der Waals surface area contributed by atoms with E-state index < -0.39 is 22.4 Å². The van der Waals surface area contributed by atoms with E-state index in [1.807, 2.05) is 0 Å². The van der Waals surface area contributed by atoms with Crippen LogP contribution in [0.2, 0.25) is 0 Å². The van der Waals surface area contributed by atoms with E-state index in [-0.39, 0.29) is 24.4 Å². The Labute approximate surface area is 730 Å². The molecule has 116 heavy (non-hydrogen) atoms. The Morgan fingerprint density at radius 1 is 0.302 bits per heavy atom. The molecule has 0 amide bonds. The Hall–Kier alpha value is -0.240. The summed E-state index contributed by atoms with van der Waals surface area (Å²) < 4.78 is 37.1. The molecule has 3 rings (SSSR count). The van der Waals surface area contributed by atoms with E-state index in [4.69, 9.17) is 23.7 Å². The molecule has 3 heterocycles. The van der Waals surface area contributed by atoms with Crippen LogP contribution in [0.1, 0.15) is 569 Å². The second-order valence-corrected chi connectivity index (χ2v) is 45.0. The van der Waals surface area contributed by atoms with Crippen molar-refractivity contribution in [3.05, 3.63) is 0 Å². The quantitative estimate of drug-likeness (QED) is 0.0483. The Morgan fingerprint density at radius 2 is 0.578 bits per heavy atom. The van der Waals surface area contributed by atoms with Gasteiger partial charge in [0, 0.05) is 6.61 Å². The van der Waals surface area contributed by atoms with Crippen molar-refractivity contribution in [2.24, 2.45) is 71.0 Å². The van der Waals surface area contributed by atoms with Crippen LogP contribution in [0.25, 0.3) is 0 Å². The van der Waals surface area contributed by atoms with E-state index in [1.54, 1.807) is 0 Å². The number of ether oxygens (including phenoxy) is 5. The molecule has 18 atom stereocenters. The first-order chi connectivity index (χ1) is 55.5. The summed E-state index contributed by atoms with van der Waals surface area (Å²) in [6, 6.07) is 0. The number of hydrogen-bond acceptors (Lipinski definition) is 6. The van der Waals surface area contributed by atoms with Gasteiger partial charge in [0.25, 0.3) is 0 Å². The van der Waals surface area contributed by atoms with Gasteiger partial charge in [-0.1, -0.05) is 471 Å². The van der Waals surface area contributed by atoms with E-state index in [2.05, 4.69) is 145 Å². The van der Waals surface area contributed by atoms with Crippen LogP contribution in [0, 0.1) is 71.0 Å². The van der Waals surface area contributed by atoms with Crippen molar-refractivity contribution in [1.29, 1.82) is 0 Å². The fourth-order valence-electron chi connectivity index (χ4n) is 21.2. The first-order valence-electron chi connectivity index (χ1n) is 53.5. The van der Waals surface area contributed by atoms with Crippen molar-refractivity contribution in [2.45, 2.75) is 628 Å². The molecule has 0 spiro atoms. The summed E-state index contributed by atoms with van der Waals surface area (Å²) in [5.41, 5.74) is -2.31. The molecular formula is C110H216O6. The lowest BCUT2D eigenvalue weighted by Crippen LogP contribution is -2.60. The first kappa shape index (κ1) is 110. The smallest absolute Gasteiger partial charge is 0.0924 e. The molecule has 0 aliphatic carbocycles. The van der Waals surface area contributed by atoms with Crippen LogP contribution < -0.4 is 0 Å². The van der Waals surface area contributed by atoms with Gasteiger partial charge in [0.2, 0.25) is 0 Å². The summed E-state index contributed by atoms with van der Waals surface area (Å²) in [5.74, 6) is 9.28. The highest BCUT2D eigenvalue weighted by molar-refractivity contribution is 5.02. The third-order valence-corrected chi connectivity index (χ3v) is 30.0. The van der Waals surface area contributed by atoms with Crippen LogP contribution >= 0.6 is 0 Å². The molecule has 0 aromatic carbocycles. The van der Waals surface area contributed by atoms with Crippen molar-refractivity contribution in [2.75, 3.05) is 6.61 Å². The molecule has 3 saturated heterocycles. The minimum atomic E-state index is -0.874. The van der Waals surface area contributed by atoms with Crippen molar-refractivity contribution in [3.8, 4) is 0 Å². The van der Waals surface area contributed by atoms with Gasteiger partial charge in [0.05, 0.1) is 59.0 Å². The average molecular weight is 1630 g/mol. The van der Waals surface area contributed by atoms with Crippen LogP contribution in [0.15, 0.2) is 0 Å². The summed E-state index contributed by atoms with van der Waals surface area (Å²) in [6.45, 7) is 51.8. The molecule has 0 aromatic heterocycles. The molecule has 3 aliphatic rings. The predicted molar refractivity (Wildman–Crippen MR) is 512 cm³/mol. The van der Waals surface area contributed by atoms with E-state index in [9.17, 15) is 5.11 Å². The standard InChI is InChI=1S/C110H216O6/c1-22-23-24-25-40-43-78-101-102(113-101)79-44-41-38-36-34-32-30-28-26-27-29-31-33-35-37-39-42-45-88-112-104-81-83-106(115-108(104,19)85-55-75-98(15)71-51-67-94(11)63-47-59-90(4)5)110(21,87-57-77-100(17)73-53-69-96(13)65-49-61-92(8)9)116-109(20,86-56-76-99(16)72-52-68-95(12)64-48-60-91(6)7)105-82-80-103(114-105)107(18,111)84-54-74-97(14)70-50-66-93(10)62-46-58-89(2)3/h89-106,111H,22-88H2,1-21H3/t93-,94-,95-,96-,97-,98-,99-,100-,101-,102-,103-,104-,105-,106+,107+,108+,109-,110+/m1/s1. The summed E-state index contributed by atoms with van der Waals surface area (Å²) >= 11 is 0. The van der Waals surface area contributed by atoms with Crippen molar-refractivity contribution >= 4 is 0 Å². The topological polar surface area (TPSA) is 69.7 Å². The van der Waals surface area contributed by atoms with Gasteiger partial charge in [-0.05, 0) is 169 Å². The van der Waals surface area contributed by atoms with E-state index in [0.29, 0.717) is 35.9 Å².